The van der Waals surface area contributed by atoms with Crippen LogP contribution in [0.15, 0.2) is 36.4 Å². The molecule has 0 atom stereocenters. The predicted molar refractivity (Wildman–Crippen MR) is 116 cm³/mol. The number of aromatic nitrogens is 1. The first-order valence-corrected chi connectivity index (χ1v) is 10.6. The number of carbonyl (C=O) groups excluding carboxylic acids is 1. The van der Waals surface area contributed by atoms with E-state index in [-0.39, 0.29) is 12.7 Å². The molecule has 4 rings (SSSR count). The number of para-hydroxylation sites is 1. The molecule has 0 radical (unpaired) electrons. The smallest absolute Gasteiger partial charge is 0.260 e. The Morgan fingerprint density at radius 2 is 1.97 bits per heavy atom. The van der Waals surface area contributed by atoms with E-state index >= 15 is 0 Å². The van der Waals surface area contributed by atoms with Crippen LogP contribution in [-0.2, 0) is 6.42 Å². The molecule has 152 valence electrons. The summed E-state index contributed by atoms with van der Waals surface area (Å²) in [4.78, 5) is 22.2. The molecule has 0 aliphatic carbocycles. The normalized spacial score (nSPS) is 12.7. The van der Waals surface area contributed by atoms with Gasteiger partial charge in [-0.3, -0.25) is 9.69 Å². The van der Waals surface area contributed by atoms with E-state index in [0.717, 1.165) is 34.7 Å². The van der Waals surface area contributed by atoms with Gasteiger partial charge in [0.15, 0.2) is 16.6 Å². The molecule has 1 aliphatic rings. The van der Waals surface area contributed by atoms with Gasteiger partial charge >= 0.3 is 0 Å². The van der Waals surface area contributed by atoms with Gasteiger partial charge in [-0.15, -0.1) is 0 Å². The van der Waals surface area contributed by atoms with Crippen LogP contribution in [0.3, 0.4) is 0 Å². The standard InChI is InChI=1S/C22H25N3O3S/c1-4-15-7-5-8-19-20(15)23-22(29-19)25(12-6-11-24(2)3)21(26)16-9-10-17-18(13-16)28-14-27-17/h5,7-10,13H,4,6,11-12,14H2,1-3H3. The molecule has 0 spiro atoms. The molecule has 1 amide bonds. The summed E-state index contributed by atoms with van der Waals surface area (Å²) in [5.74, 6) is 1.22. The van der Waals surface area contributed by atoms with Crippen molar-refractivity contribution >= 4 is 32.6 Å². The van der Waals surface area contributed by atoms with Gasteiger partial charge in [-0.25, -0.2) is 4.98 Å². The lowest BCUT2D eigenvalue weighted by Gasteiger charge is -2.21. The van der Waals surface area contributed by atoms with Gasteiger partial charge in [-0.2, -0.15) is 0 Å². The van der Waals surface area contributed by atoms with Crippen LogP contribution >= 0.6 is 11.3 Å². The highest BCUT2D eigenvalue weighted by Gasteiger charge is 2.24. The number of anilines is 1. The molecule has 1 aromatic heterocycles. The summed E-state index contributed by atoms with van der Waals surface area (Å²) in [6.07, 6.45) is 1.77. The second-order valence-corrected chi connectivity index (χ2v) is 8.30. The monoisotopic (exact) mass is 411 g/mol. The Hall–Kier alpha value is -2.64. The van der Waals surface area contributed by atoms with Crippen LogP contribution in [0.4, 0.5) is 5.13 Å². The van der Waals surface area contributed by atoms with Crippen LogP contribution in [0.25, 0.3) is 10.2 Å². The van der Waals surface area contributed by atoms with Crippen molar-refractivity contribution in [2.75, 3.05) is 38.9 Å². The average Bonchev–Trinajstić information content (AvgIpc) is 3.36. The molecule has 6 nitrogen and oxygen atoms in total. The van der Waals surface area contributed by atoms with E-state index in [9.17, 15) is 4.79 Å². The lowest BCUT2D eigenvalue weighted by molar-refractivity contribution is 0.0985. The maximum Gasteiger partial charge on any atom is 0.260 e. The zero-order chi connectivity index (χ0) is 20.4. The SMILES string of the molecule is CCc1cccc2sc(N(CCCN(C)C)C(=O)c3ccc4c(c3)OCO4)nc12. The molecule has 7 heteroatoms. The second kappa shape index (κ2) is 8.39. The van der Waals surface area contributed by atoms with Crippen LogP contribution in [0.2, 0.25) is 0 Å². The summed E-state index contributed by atoms with van der Waals surface area (Å²) in [5.41, 5.74) is 2.77. The number of hydrogen-bond acceptors (Lipinski definition) is 6. The summed E-state index contributed by atoms with van der Waals surface area (Å²) in [6.45, 7) is 3.82. The van der Waals surface area contributed by atoms with Gasteiger partial charge in [-0.1, -0.05) is 30.4 Å². The van der Waals surface area contributed by atoms with Crippen LogP contribution < -0.4 is 14.4 Å². The van der Waals surface area contributed by atoms with Gasteiger partial charge in [0.1, 0.15) is 0 Å². The Balaban J connectivity index is 1.68. The Kier molecular flexibility index (Phi) is 5.69. The van der Waals surface area contributed by atoms with Gasteiger partial charge in [-0.05, 0) is 63.3 Å². The van der Waals surface area contributed by atoms with E-state index in [0.29, 0.717) is 23.6 Å². The maximum atomic E-state index is 13.4. The van der Waals surface area contributed by atoms with Crippen molar-refractivity contribution in [3.63, 3.8) is 0 Å². The number of amides is 1. The summed E-state index contributed by atoms with van der Waals surface area (Å²) in [7, 11) is 4.07. The first-order valence-electron chi connectivity index (χ1n) is 9.81. The third kappa shape index (κ3) is 4.06. The van der Waals surface area contributed by atoms with Crippen molar-refractivity contribution in [3.05, 3.63) is 47.5 Å². The third-order valence-electron chi connectivity index (χ3n) is 4.95. The summed E-state index contributed by atoms with van der Waals surface area (Å²) in [6, 6.07) is 11.6. The van der Waals surface area contributed by atoms with Crippen LogP contribution in [0, 0.1) is 0 Å². The Morgan fingerprint density at radius 3 is 2.76 bits per heavy atom. The molecule has 0 N–H and O–H groups in total. The lowest BCUT2D eigenvalue weighted by Crippen LogP contribution is -2.33. The topological polar surface area (TPSA) is 54.9 Å². The van der Waals surface area contributed by atoms with Crippen molar-refractivity contribution in [3.8, 4) is 11.5 Å². The molecular formula is C22H25N3O3S. The van der Waals surface area contributed by atoms with Gasteiger partial charge in [0, 0.05) is 12.1 Å². The van der Waals surface area contributed by atoms with Gasteiger partial charge < -0.3 is 14.4 Å². The molecule has 0 fully saturated rings. The van der Waals surface area contributed by atoms with Gasteiger partial charge in [0.05, 0.1) is 10.2 Å². The number of fused-ring (bicyclic) bond motifs is 2. The Morgan fingerprint density at radius 1 is 1.14 bits per heavy atom. The number of rotatable bonds is 7. The largest absolute Gasteiger partial charge is 0.454 e. The van der Waals surface area contributed by atoms with Crippen molar-refractivity contribution in [1.82, 2.24) is 9.88 Å². The number of thiazole rings is 1. The molecule has 0 saturated heterocycles. The molecule has 29 heavy (non-hydrogen) atoms. The highest BCUT2D eigenvalue weighted by molar-refractivity contribution is 7.22. The minimum absolute atomic E-state index is 0.0702. The van der Waals surface area contributed by atoms with E-state index in [1.54, 1.807) is 34.4 Å². The van der Waals surface area contributed by atoms with Gasteiger partial charge in [0.25, 0.3) is 5.91 Å². The molecule has 0 saturated carbocycles. The molecular weight excluding hydrogens is 386 g/mol. The zero-order valence-electron chi connectivity index (χ0n) is 17.0. The number of benzene rings is 2. The zero-order valence-corrected chi connectivity index (χ0v) is 17.8. The molecule has 0 bridgehead atoms. The average molecular weight is 412 g/mol. The third-order valence-corrected chi connectivity index (χ3v) is 6.00. The summed E-state index contributed by atoms with van der Waals surface area (Å²) >= 11 is 1.57. The minimum atomic E-state index is -0.0702. The number of ether oxygens (including phenoxy) is 2. The molecule has 3 aromatic rings. The fourth-order valence-corrected chi connectivity index (χ4v) is 4.45. The van der Waals surface area contributed by atoms with Crippen LogP contribution in [-0.4, -0.2) is 49.8 Å². The summed E-state index contributed by atoms with van der Waals surface area (Å²) in [5, 5.41) is 0.738. The first-order chi connectivity index (χ1) is 14.1. The Bertz CT molecular complexity index is 1030. The summed E-state index contributed by atoms with van der Waals surface area (Å²) < 4.78 is 11.9. The van der Waals surface area contributed by atoms with E-state index in [1.807, 2.05) is 14.1 Å². The quantitative estimate of drug-likeness (QED) is 0.584. The van der Waals surface area contributed by atoms with Crippen LogP contribution in [0.1, 0.15) is 29.3 Å². The van der Waals surface area contributed by atoms with Crippen molar-refractivity contribution < 1.29 is 14.3 Å². The molecule has 2 aromatic carbocycles. The Labute approximate surface area is 174 Å². The highest BCUT2D eigenvalue weighted by Crippen LogP contribution is 2.35. The van der Waals surface area contributed by atoms with Crippen molar-refractivity contribution in [1.29, 1.82) is 0 Å². The number of nitrogens with zero attached hydrogens (tertiary/aromatic N) is 3. The predicted octanol–water partition coefficient (Wildman–Crippen LogP) is 4.19. The minimum Gasteiger partial charge on any atom is -0.454 e. The van der Waals surface area contributed by atoms with Gasteiger partial charge in [0.2, 0.25) is 6.79 Å². The van der Waals surface area contributed by atoms with E-state index in [2.05, 4.69) is 30.0 Å². The molecule has 0 unspecified atom stereocenters. The highest BCUT2D eigenvalue weighted by atomic mass is 32.1. The lowest BCUT2D eigenvalue weighted by atomic mass is 10.1. The van der Waals surface area contributed by atoms with Crippen LogP contribution in [0.5, 0.6) is 11.5 Å². The van der Waals surface area contributed by atoms with E-state index in [4.69, 9.17) is 14.5 Å². The van der Waals surface area contributed by atoms with Crippen molar-refractivity contribution in [2.45, 2.75) is 19.8 Å². The van der Waals surface area contributed by atoms with E-state index in [1.165, 1.54) is 5.56 Å². The number of carbonyl (C=O) groups is 1. The fraction of sp³-hybridized carbons (Fsp3) is 0.364. The number of hydrogen-bond donors (Lipinski definition) is 0. The fourth-order valence-electron chi connectivity index (χ4n) is 3.41. The van der Waals surface area contributed by atoms with E-state index < -0.39 is 0 Å². The molecule has 2 heterocycles. The van der Waals surface area contributed by atoms with Crippen molar-refractivity contribution in [2.24, 2.45) is 0 Å². The number of aryl methyl sites for hydroxylation is 1. The second-order valence-electron chi connectivity index (χ2n) is 7.30. The maximum absolute atomic E-state index is 13.4. The molecule has 1 aliphatic heterocycles. The first kappa shape index (κ1) is 19.7.